The molecular weight excluding hydrogens is 1270 g/mol. The predicted molar refractivity (Wildman–Crippen MR) is 342 cm³/mol. The van der Waals surface area contributed by atoms with Crippen LogP contribution in [0.25, 0.3) is 56.2 Å². The lowest BCUT2D eigenvalue weighted by Crippen LogP contribution is -2.15. The number of rotatable bonds is 26. The van der Waals surface area contributed by atoms with Gasteiger partial charge in [-0.2, -0.15) is 0 Å². The van der Waals surface area contributed by atoms with Crippen molar-refractivity contribution in [2.45, 2.75) is 66.8 Å². The number of pyridine rings is 4. The second kappa shape index (κ2) is 28.9. The summed E-state index contributed by atoms with van der Waals surface area (Å²) in [5.41, 5.74) is 2.87. The molecule has 0 atom stereocenters. The molecule has 0 bridgehead atoms. The molecule has 484 valence electrons. The van der Waals surface area contributed by atoms with Gasteiger partial charge in [-0.25, -0.2) is 66.4 Å². The molecule has 4 aromatic carbocycles. The topological polar surface area (TPSA) is 229 Å². The zero-order chi connectivity index (χ0) is 66.3. The first kappa shape index (κ1) is 64.8. The number of hydrogen-bond donors (Lipinski definition) is 0. The molecule has 95 heavy (non-hydrogen) atoms. The third-order valence-electron chi connectivity index (χ3n) is 15.0. The summed E-state index contributed by atoms with van der Waals surface area (Å²) in [4.78, 5) is 55.2. The molecular formula is C68H58Cl2F4N14O7. The number of fused-ring (bicyclic) bond motifs is 2. The van der Waals surface area contributed by atoms with Crippen LogP contribution >= 0.6 is 23.2 Å². The summed E-state index contributed by atoms with van der Waals surface area (Å²) in [7, 11) is 0. The van der Waals surface area contributed by atoms with Crippen LogP contribution in [-0.4, -0.2) is 107 Å². The first-order valence-corrected chi connectivity index (χ1v) is 30.8. The molecule has 12 rings (SSSR count). The molecule has 0 saturated heterocycles. The number of hydrogen-bond acceptors (Lipinski definition) is 17. The molecule has 0 radical (unpaired) electrons. The summed E-state index contributed by atoms with van der Waals surface area (Å²) >= 11 is 13.0. The predicted octanol–water partition coefficient (Wildman–Crippen LogP) is 13.0. The number of imidazole rings is 2. The minimum Gasteiger partial charge on any atom is -0.473 e. The maximum absolute atomic E-state index is 16.3. The van der Waals surface area contributed by atoms with Crippen LogP contribution in [0, 0.1) is 35.1 Å². The fourth-order valence-electron chi connectivity index (χ4n) is 10.3. The lowest BCUT2D eigenvalue weighted by atomic mass is 10.0. The van der Waals surface area contributed by atoms with Crippen molar-refractivity contribution >= 4 is 57.2 Å². The van der Waals surface area contributed by atoms with Crippen molar-refractivity contribution in [3.63, 3.8) is 0 Å². The minimum atomic E-state index is -0.978. The molecule has 0 spiro atoms. The third kappa shape index (κ3) is 15.2. The summed E-state index contributed by atoms with van der Waals surface area (Å²) in [6.07, 6.45) is 9.02. The first-order valence-electron chi connectivity index (χ1n) is 30.1. The maximum Gasteiger partial charge on any atom is 0.346 e. The van der Waals surface area contributed by atoms with Gasteiger partial charge in [0.1, 0.15) is 48.1 Å². The molecule has 0 fully saturated rings. The van der Waals surface area contributed by atoms with E-state index in [1.165, 1.54) is 70.5 Å². The number of halogens is 6. The van der Waals surface area contributed by atoms with E-state index in [2.05, 4.69) is 40.6 Å². The van der Waals surface area contributed by atoms with Crippen LogP contribution in [0.5, 0.6) is 11.8 Å². The number of nitrogens with zero attached hydrogens (tertiary/aromatic N) is 14. The summed E-state index contributed by atoms with van der Waals surface area (Å²) in [6, 6.07) is 26.1. The molecule has 0 aliphatic rings. The molecule has 0 unspecified atom stereocenters. The fraction of sp³-hybridized carbons (Fsp3) is 0.235. The van der Waals surface area contributed by atoms with Gasteiger partial charge in [-0.3, -0.25) is 0 Å². The minimum absolute atomic E-state index is 0.00118. The highest BCUT2D eigenvalue weighted by atomic mass is 35.5. The SMILES string of the molecule is CC(C)COCCn1c(Cc2cc(F)c(-c3cccc(OCc4cnc(-n5ccnn5)cc4Cl)n3)cc2F)nc2ccc(C(=O)OC(=O)c3ccc4nc(Cc5cc(F)c(-c6cccc(OCc7cnc(-n8ccnn8)cc7Cl)n6)cc5F)n(CCOCC(C)C)c4c3)cc21. The Labute approximate surface area is 550 Å². The zero-order valence-corrected chi connectivity index (χ0v) is 53.0. The maximum atomic E-state index is 16.3. The number of carbonyl (C=O) groups is 2. The van der Waals surface area contributed by atoms with Crippen molar-refractivity contribution < 1.29 is 50.8 Å². The van der Waals surface area contributed by atoms with Gasteiger partial charge in [0.25, 0.3) is 0 Å². The van der Waals surface area contributed by atoms with Crippen LogP contribution in [0.1, 0.15) is 82.3 Å². The number of ether oxygens (including phenoxy) is 5. The van der Waals surface area contributed by atoms with Crippen molar-refractivity contribution in [1.82, 2.24) is 69.0 Å². The van der Waals surface area contributed by atoms with E-state index in [0.717, 1.165) is 24.3 Å². The van der Waals surface area contributed by atoms with E-state index in [0.29, 0.717) is 79.7 Å². The number of aromatic nitrogens is 14. The Morgan fingerprint density at radius 3 is 1.36 bits per heavy atom. The van der Waals surface area contributed by atoms with E-state index in [1.54, 1.807) is 70.1 Å². The van der Waals surface area contributed by atoms with Gasteiger partial charge in [0, 0.05) is 98.1 Å². The largest absolute Gasteiger partial charge is 0.473 e. The normalized spacial score (nSPS) is 11.6. The van der Waals surface area contributed by atoms with Gasteiger partial charge in [-0.15, -0.1) is 10.2 Å². The molecule has 0 aliphatic heterocycles. The number of carbonyl (C=O) groups excluding carboxylic acids is 2. The van der Waals surface area contributed by atoms with Gasteiger partial charge in [0.2, 0.25) is 11.8 Å². The van der Waals surface area contributed by atoms with Gasteiger partial charge < -0.3 is 32.8 Å². The van der Waals surface area contributed by atoms with Crippen molar-refractivity contribution in [3.05, 3.63) is 225 Å². The Balaban J connectivity index is 0.746. The second-order valence-electron chi connectivity index (χ2n) is 22.8. The van der Waals surface area contributed by atoms with Gasteiger partial charge in [0.15, 0.2) is 11.6 Å². The van der Waals surface area contributed by atoms with Crippen molar-refractivity contribution in [1.29, 1.82) is 0 Å². The first-order chi connectivity index (χ1) is 46.0. The van der Waals surface area contributed by atoms with E-state index in [-0.39, 0.29) is 121 Å². The standard InChI is InChI=1S/C68H58Cl2F4N14O7/c1-39(2)35-91-21-19-85-59-25-41(11-13-57(59)79-63(85)27-43-23-53(73)47(29-51(43)71)55-7-5-9-65(81-55)93-37-45-33-75-61(31-49(45)69)87-17-15-77-83-87)67(89)95-68(90)42-12-14-58-60(26-42)86(20-22-92-36-40(3)4)64(80-58)28-44-24-54(74)48(30-52(44)72)56-8-6-10-66(82-56)94-38-46-34-76-62(32-50(46)70)88-18-16-78-84-88/h5-18,23-26,29-34,39-40H,19-22,27-28,35-38H2,1-4H3. The molecule has 0 aliphatic carbocycles. The summed E-state index contributed by atoms with van der Waals surface area (Å²) in [5, 5.41) is 16.1. The van der Waals surface area contributed by atoms with E-state index >= 15 is 17.6 Å². The lowest BCUT2D eigenvalue weighted by Gasteiger charge is -2.13. The van der Waals surface area contributed by atoms with Crippen LogP contribution < -0.4 is 9.47 Å². The molecule has 0 saturated carbocycles. The van der Waals surface area contributed by atoms with E-state index < -0.39 is 35.2 Å². The second-order valence-corrected chi connectivity index (χ2v) is 23.7. The third-order valence-corrected chi connectivity index (χ3v) is 15.7. The Morgan fingerprint density at radius 2 is 0.958 bits per heavy atom. The highest BCUT2D eigenvalue weighted by Crippen LogP contribution is 2.32. The van der Waals surface area contributed by atoms with Crippen molar-refractivity contribution in [2.75, 3.05) is 26.4 Å². The summed E-state index contributed by atoms with van der Waals surface area (Å²) < 4.78 is 101. The molecule has 27 heteroatoms. The number of esters is 2. The van der Waals surface area contributed by atoms with Crippen molar-refractivity contribution in [3.8, 4) is 45.9 Å². The van der Waals surface area contributed by atoms with Crippen LogP contribution in [0.2, 0.25) is 10.0 Å². The van der Waals surface area contributed by atoms with Crippen LogP contribution in [0.4, 0.5) is 17.6 Å². The molecule has 0 N–H and O–H groups in total. The highest BCUT2D eigenvalue weighted by molar-refractivity contribution is 6.31. The fourth-order valence-corrected chi connectivity index (χ4v) is 10.7. The van der Waals surface area contributed by atoms with Crippen LogP contribution in [0.3, 0.4) is 0 Å². The van der Waals surface area contributed by atoms with Gasteiger partial charge >= 0.3 is 11.9 Å². The number of benzene rings is 4. The van der Waals surface area contributed by atoms with E-state index in [1.807, 2.05) is 27.7 Å². The van der Waals surface area contributed by atoms with E-state index in [9.17, 15) is 9.59 Å². The molecule has 0 amide bonds. The molecule has 12 aromatic rings. The Kier molecular flexibility index (Phi) is 19.7. The average Bonchev–Trinajstić information content (AvgIpc) is 1.69. The van der Waals surface area contributed by atoms with Crippen molar-refractivity contribution in [2.24, 2.45) is 11.8 Å². The zero-order valence-electron chi connectivity index (χ0n) is 51.5. The smallest absolute Gasteiger partial charge is 0.346 e. The summed E-state index contributed by atoms with van der Waals surface area (Å²) in [6.45, 7) is 9.76. The lowest BCUT2D eigenvalue weighted by molar-refractivity contribution is 0.0397. The molecule has 8 aromatic heterocycles. The van der Waals surface area contributed by atoms with Gasteiger partial charge in [-0.1, -0.05) is 73.5 Å². The highest BCUT2D eigenvalue weighted by Gasteiger charge is 2.24. The quantitative estimate of drug-likeness (QED) is 0.0212. The van der Waals surface area contributed by atoms with Gasteiger partial charge in [-0.05, 0) is 95.8 Å². The monoisotopic (exact) mass is 1330 g/mol. The van der Waals surface area contributed by atoms with Gasteiger partial charge in [0.05, 0.1) is 92.6 Å². The molecule has 8 heterocycles. The average molecular weight is 1330 g/mol. The van der Waals surface area contributed by atoms with E-state index in [4.69, 9.17) is 56.9 Å². The molecule has 21 nitrogen and oxygen atoms in total. The Bertz CT molecular complexity index is 4490. The van der Waals surface area contributed by atoms with Crippen LogP contribution in [0.15, 0.2) is 146 Å². The van der Waals surface area contributed by atoms with Crippen LogP contribution in [-0.2, 0) is 53.4 Å². The summed E-state index contributed by atoms with van der Waals surface area (Å²) in [5.74, 6) is -2.58. The Hall–Kier alpha value is -10.3. The Morgan fingerprint density at radius 1 is 0.516 bits per heavy atom.